The number of aromatic nitrogens is 1. The molecule has 0 aliphatic heterocycles. The van der Waals surface area contributed by atoms with Crippen LogP contribution in [0.2, 0.25) is 0 Å². The van der Waals surface area contributed by atoms with Gasteiger partial charge >= 0.3 is 0 Å². The van der Waals surface area contributed by atoms with Crippen molar-refractivity contribution in [2.45, 2.75) is 71.0 Å². The van der Waals surface area contributed by atoms with Gasteiger partial charge in [-0.25, -0.2) is 0 Å². The molecule has 1 aliphatic carbocycles. The van der Waals surface area contributed by atoms with Gasteiger partial charge in [0.1, 0.15) is 0 Å². The maximum absolute atomic E-state index is 3.87. The average Bonchev–Trinajstić information content (AvgIpc) is 3.01. The Morgan fingerprint density at radius 3 is 2.37 bits per heavy atom. The molecule has 142 valence electrons. The van der Waals surface area contributed by atoms with Crippen LogP contribution in [-0.4, -0.2) is 10.6 Å². The molecule has 0 amide bonds. The minimum absolute atomic E-state index is 0.685. The summed E-state index contributed by atoms with van der Waals surface area (Å²) in [5.41, 5.74) is 5.45. The monoisotopic (exact) mass is 360 g/mol. The molecule has 0 atom stereocenters. The van der Waals surface area contributed by atoms with E-state index in [4.69, 9.17) is 0 Å². The standard InChI is InChI=1S/C25H32N2/c1-20-13-15-21(16-14-20)18-27-19-22(24-11-7-8-12-25(24)27)17-26-23-9-5-3-2-4-6-10-23/h7-8,11-16,19,23,26H,2-6,9-10,17-18H2,1H3. The third-order valence-electron chi connectivity index (χ3n) is 6.03. The molecule has 3 aromatic rings. The zero-order chi connectivity index (χ0) is 18.5. The van der Waals surface area contributed by atoms with Gasteiger partial charge in [-0.3, -0.25) is 0 Å². The molecule has 1 heterocycles. The largest absolute Gasteiger partial charge is 0.343 e. The molecule has 27 heavy (non-hydrogen) atoms. The van der Waals surface area contributed by atoms with Crippen LogP contribution in [-0.2, 0) is 13.1 Å². The molecule has 2 aromatic carbocycles. The summed E-state index contributed by atoms with van der Waals surface area (Å²) in [4.78, 5) is 0. The number of rotatable bonds is 5. The van der Waals surface area contributed by atoms with E-state index in [-0.39, 0.29) is 0 Å². The fourth-order valence-corrected chi connectivity index (χ4v) is 4.40. The van der Waals surface area contributed by atoms with E-state index in [0.717, 1.165) is 13.1 Å². The van der Waals surface area contributed by atoms with E-state index in [1.807, 2.05) is 0 Å². The maximum atomic E-state index is 3.87. The second-order valence-electron chi connectivity index (χ2n) is 8.21. The molecule has 0 bridgehead atoms. The topological polar surface area (TPSA) is 17.0 Å². The van der Waals surface area contributed by atoms with Crippen LogP contribution in [0, 0.1) is 6.92 Å². The van der Waals surface area contributed by atoms with E-state index in [1.54, 1.807) is 0 Å². The third kappa shape index (κ3) is 4.62. The molecule has 1 aliphatic rings. The van der Waals surface area contributed by atoms with Crippen LogP contribution in [0.3, 0.4) is 0 Å². The summed E-state index contributed by atoms with van der Waals surface area (Å²) in [6.45, 7) is 4.06. The summed E-state index contributed by atoms with van der Waals surface area (Å²) in [7, 11) is 0. The molecule has 0 saturated heterocycles. The molecule has 2 nitrogen and oxygen atoms in total. The second-order valence-corrected chi connectivity index (χ2v) is 8.21. The third-order valence-corrected chi connectivity index (χ3v) is 6.03. The van der Waals surface area contributed by atoms with Gasteiger partial charge in [-0.1, -0.05) is 80.1 Å². The maximum Gasteiger partial charge on any atom is 0.0486 e. The highest BCUT2D eigenvalue weighted by Crippen LogP contribution is 2.24. The lowest BCUT2D eigenvalue weighted by Crippen LogP contribution is -2.29. The molecule has 0 unspecified atom stereocenters. The van der Waals surface area contributed by atoms with Crippen LogP contribution in [0.25, 0.3) is 10.9 Å². The Morgan fingerprint density at radius 2 is 1.59 bits per heavy atom. The van der Waals surface area contributed by atoms with Crippen LogP contribution in [0.1, 0.15) is 61.6 Å². The summed E-state index contributed by atoms with van der Waals surface area (Å²) in [6, 6.07) is 18.4. The van der Waals surface area contributed by atoms with Crippen molar-refractivity contribution >= 4 is 10.9 Å². The number of nitrogens with zero attached hydrogens (tertiary/aromatic N) is 1. The van der Waals surface area contributed by atoms with Crippen molar-refractivity contribution in [1.29, 1.82) is 0 Å². The van der Waals surface area contributed by atoms with Crippen molar-refractivity contribution in [3.8, 4) is 0 Å². The Kier molecular flexibility index (Phi) is 5.94. The van der Waals surface area contributed by atoms with E-state index in [9.17, 15) is 0 Å². The Bertz CT molecular complexity index is 852. The van der Waals surface area contributed by atoms with Crippen molar-refractivity contribution in [3.05, 3.63) is 71.4 Å². The number of hydrogen-bond acceptors (Lipinski definition) is 1. The lowest BCUT2D eigenvalue weighted by molar-refractivity contribution is 0.389. The van der Waals surface area contributed by atoms with Crippen LogP contribution < -0.4 is 5.32 Å². The van der Waals surface area contributed by atoms with Crippen molar-refractivity contribution in [1.82, 2.24) is 9.88 Å². The first-order valence-electron chi connectivity index (χ1n) is 10.7. The SMILES string of the molecule is Cc1ccc(Cn2cc(CNC3CCCCCCC3)c3ccccc32)cc1. The molecule has 0 radical (unpaired) electrons. The Morgan fingerprint density at radius 1 is 0.889 bits per heavy atom. The number of para-hydroxylation sites is 1. The molecule has 1 N–H and O–H groups in total. The number of nitrogens with one attached hydrogen (secondary N) is 1. The number of fused-ring (bicyclic) bond motifs is 1. The summed E-state index contributed by atoms with van der Waals surface area (Å²) >= 11 is 0. The lowest BCUT2D eigenvalue weighted by Gasteiger charge is -2.21. The minimum Gasteiger partial charge on any atom is -0.343 e. The molecule has 0 spiro atoms. The predicted molar refractivity (Wildman–Crippen MR) is 115 cm³/mol. The van der Waals surface area contributed by atoms with Gasteiger partial charge < -0.3 is 9.88 Å². The highest BCUT2D eigenvalue weighted by Gasteiger charge is 2.13. The van der Waals surface area contributed by atoms with E-state index >= 15 is 0 Å². The molecule has 1 aromatic heterocycles. The van der Waals surface area contributed by atoms with E-state index in [2.05, 4.69) is 71.5 Å². The quantitative estimate of drug-likeness (QED) is 0.573. The molecule has 1 saturated carbocycles. The second kappa shape index (κ2) is 8.75. The molecule has 4 rings (SSSR count). The summed E-state index contributed by atoms with van der Waals surface area (Å²) in [5, 5.41) is 5.26. The highest BCUT2D eigenvalue weighted by atomic mass is 15.0. The van der Waals surface area contributed by atoms with E-state index < -0.39 is 0 Å². The van der Waals surface area contributed by atoms with Crippen molar-refractivity contribution in [3.63, 3.8) is 0 Å². The summed E-state index contributed by atoms with van der Waals surface area (Å²) in [6.07, 6.45) is 12.0. The first kappa shape index (κ1) is 18.3. The smallest absolute Gasteiger partial charge is 0.0486 e. The van der Waals surface area contributed by atoms with Gasteiger partial charge in [0, 0.05) is 36.2 Å². The number of aryl methyl sites for hydroxylation is 1. The molecular formula is C25H32N2. The normalized spacial score (nSPS) is 16.3. The van der Waals surface area contributed by atoms with Gasteiger partial charge in [0.25, 0.3) is 0 Å². The lowest BCUT2D eigenvalue weighted by atomic mass is 9.96. The van der Waals surface area contributed by atoms with Gasteiger partial charge in [0.15, 0.2) is 0 Å². The van der Waals surface area contributed by atoms with Crippen molar-refractivity contribution in [2.24, 2.45) is 0 Å². The van der Waals surface area contributed by atoms with Crippen molar-refractivity contribution < 1.29 is 0 Å². The van der Waals surface area contributed by atoms with Crippen LogP contribution in [0.5, 0.6) is 0 Å². The van der Waals surface area contributed by atoms with Crippen molar-refractivity contribution in [2.75, 3.05) is 0 Å². The zero-order valence-electron chi connectivity index (χ0n) is 16.6. The summed E-state index contributed by atoms with van der Waals surface area (Å²) < 4.78 is 2.41. The van der Waals surface area contributed by atoms with Crippen LogP contribution in [0.15, 0.2) is 54.7 Å². The zero-order valence-corrected chi connectivity index (χ0v) is 16.6. The van der Waals surface area contributed by atoms with E-state index in [1.165, 1.54) is 72.5 Å². The van der Waals surface area contributed by atoms with Gasteiger partial charge in [-0.15, -0.1) is 0 Å². The van der Waals surface area contributed by atoms with Crippen LogP contribution >= 0.6 is 0 Å². The molecule has 1 fully saturated rings. The number of hydrogen-bond donors (Lipinski definition) is 1. The van der Waals surface area contributed by atoms with Gasteiger partial charge in [0.2, 0.25) is 0 Å². The Balaban J connectivity index is 1.51. The predicted octanol–water partition coefficient (Wildman–Crippen LogP) is 6.20. The minimum atomic E-state index is 0.685. The fraction of sp³-hybridized carbons (Fsp3) is 0.440. The van der Waals surface area contributed by atoms with E-state index in [0.29, 0.717) is 6.04 Å². The first-order chi connectivity index (χ1) is 13.3. The van der Waals surface area contributed by atoms with Crippen LogP contribution in [0.4, 0.5) is 0 Å². The molecule has 2 heteroatoms. The highest BCUT2D eigenvalue weighted by molar-refractivity contribution is 5.84. The van der Waals surface area contributed by atoms with Gasteiger partial charge in [-0.2, -0.15) is 0 Å². The Labute approximate surface area is 163 Å². The first-order valence-corrected chi connectivity index (χ1v) is 10.7. The van der Waals surface area contributed by atoms with Gasteiger partial charge in [0.05, 0.1) is 0 Å². The molecular weight excluding hydrogens is 328 g/mol. The fourth-order valence-electron chi connectivity index (χ4n) is 4.40. The number of benzene rings is 2. The van der Waals surface area contributed by atoms with Gasteiger partial charge in [-0.05, 0) is 37.0 Å². The average molecular weight is 361 g/mol. The Hall–Kier alpha value is -2.06. The summed E-state index contributed by atoms with van der Waals surface area (Å²) in [5.74, 6) is 0.